The number of rotatable bonds is 4. The number of hydrogen-bond acceptors (Lipinski definition) is 3. The van der Waals surface area contributed by atoms with Gasteiger partial charge in [0.05, 0.1) is 5.69 Å². The second kappa shape index (κ2) is 5.85. The molecule has 0 aliphatic heterocycles. The zero-order valence-electron chi connectivity index (χ0n) is 12.3. The van der Waals surface area contributed by atoms with E-state index in [0.717, 1.165) is 6.42 Å². The molecule has 0 spiro atoms. The number of aliphatic hydroxyl groups is 1. The molecule has 0 bridgehead atoms. The third-order valence-electron chi connectivity index (χ3n) is 4.38. The van der Waals surface area contributed by atoms with Crippen LogP contribution in [0.4, 0.5) is 13.2 Å². The normalized spacial score (nSPS) is 18.1. The van der Waals surface area contributed by atoms with E-state index < -0.39 is 17.9 Å². The highest BCUT2D eigenvalue weighted by molar-refractivity contribution is 5.38. The van der Waals surface area contributed by atoms with Gasteiger partial charge in [0.1, 0.15) is 11.9 Å². The zero-order valence-corrected chi connectivity index (χ0v) is 12.3. The Morgan fingerprint density at radius 1 is 1.13 bits per heavy atom. The second-order valence-electron chi connectivity index (χ2n) is 5.74. The summed E-state index contributed by atoms with van der Waals surface area (Å²) in [5, 5.41) is 10.7. The fourth-order valence-corrected chi connectivity index (χ4v) is 3.10. The van der Waals surface area contributed by atoms with E-state index in [4.69, 9.17) is 0 Å². The average molecular weight is 323 g/mol. The van der Waals surface area contributed by atoms with Crippen LogP contribution in [0.1, 0.15) is 36.6 Å². The highest BCUT2D eigenvalue weighted by atomic mass is 19.4. The fourth-order valence-electron chi connectivity index (χ4n) is 3.10. The summed E-state index contributed by atoms with van der Waals surface area (Å²) in [6.45, 7) is 0. The maximum atomic E-state index is 12.4. The molecule has 1 aliphatic rings. The Kier molecular flexibility index (Phi) is 4.02. The van der Waals surface area contributed by atoms with Gasteiger partial charge in [-0.15, -0.1) is 13.2 Å². The maximum Gasteiger partial charge on any atom is 0.573 e. The van der Waals surface area contributed by atoms with Gasteiger partial charge < -0.3 is 9.84 Å². The molecule has 1 aliphatic carbocycles. The SMILES string of the molecule is OC(c1ccccn1)C1(c2cccc(OC(F)(F)F)c2)CCC1. The van der Waals surface area contributed by atoms with Gasteiger partial charge >= 0.3 is 6.36 Å². The van der Waals surface area contributed by atoms with Gasteiger partial charge in [-0.05, 0) is 42.7 Å². The first kappa shape index (κ1) is 15.8. The summed E-state index contributed by atoms with van der Waals surface area (Å²) in [6.07, 6.45) is -1.70. The summed E-state index contributed by atoms with van der Waals surface area (Å²) < 4.78 is 41.2. The first-order valence-electron chi connectivity index (χ1n) is 7.36. The molecule has 0 radical (unpaired) electrons. The standard InChI is InChI=1S/C17H16F3NO2/c18-17(19,20)23-13-6-3-5-12(11-13)16(8-4-9-16)15(22)14-7-1-2-10-21-14/h1-3,5-7,10-11,15,22H,4,8-9H2. The number of nitrogens with zero attached hydrogens (tertiary/aromatic N) is 1. The van der Waals surface area contributed by atoms with Crippen molar-refractivity contribution in [3.63, 3.8) is 0 Å². The third kappa shape index (κ3) is 3.17. The van der Waals surface area contributed by atoms with E-state index in [1.54, 1.807) is 30.5 Å². The first-order valence-corrected chi connectivity index (χ1v) is 7.36. The number of halogens is 3. The molecule has 0 amide bonds. The van der Waals surface area contributed by atoms with E-state index in [1.165, 1.54) is 18.2 Å². The van der Waals surface area contributed by atoms with Gasteiger partial charge in [-0.1, -0.05) is 24.6 Å². The molecular formula is C17H16F3NO2. The fraction of sp³-hybridized carbons (Fsp3) is 0.353. The first-order chi connectivity index (χ1) is 10.9. The van der Waals surface area contributed by atoms with E-state index in [0.29, 0.717) is 24.1 Å². The van der Waals surface area contributed by atoms with Crippen LogP contribution in [0.15, 0.2) is 48.7 Å². The number of ether oxygens (including phenoxy) is 1. The zero-order chi connectivity index (χ0) is 16.5. The van der Waals surface area contributed by atoms with Crippen LogP contribution in [0.2, 0.25) is 0 Å². The van der Waals surface area contributed by atoms with Crippen LogP contribution in [0.25, 0.3) is 0 Å². The van der Waals surface area contributed by atoms with Crippen molar-refractivity contribution in [2.45, 2.75) is 37.1 Å². The molecule has 3 nitrogen and oxygen atoms in total. The Hall–Kier alpha value is -2.08. The summed E-state index contributed by atoms with van der Waals surface area (Å²) in [6, 6.07) is 11.1. The van der Waals surface area contributed by atoms with Crippen LogP contribution < -0.4 is 4.74 Å². The lowest BCUT2D eigenvalue weighted by molar-refractivity contribution is -0.274. The smallest absolute Gasteiger partial charge is 0.406 e. The molecule has 6 heteroatoms. The van der Waals surface area contributed by atoms with E-state index in [2.05, 4.69) is 9.72 Å². The lowest BCUT2D eigenvalue weighted by Crippen LogP contribution is -2.40. The number of aromatic nitrogens is 1. The molecule has 3 rings (SSSR count). The van der Waals surface area contributed by atoms with E-state index in [-0.39, 0.29) is 5.75 Å². The minimum Gasteiger partial charge on any atom is -0.406 e. The number of aliphatic hydroxyl groups excluding tert-OH is 1. The number of pyridine rings is 1. The maximum absolute atomic E-state index is 12.4. The molecule has 1 heterocycles. The number of benzene rings is 1. The number of hydrogen-bond donors (Lipinski definition) is 1. The Morgan fingerprint density at radius 2 is 1.91 bits per heavy atom. The topological polar surface area (TPSA) is 42.4 Å². The van der Waals surface area contributed by atoms with E-state index in [9.17, 15) is 18.3 Å². The number of alkyl halides is 3. The van der Waals surface area contributed by atoms with Gasteiger partial charge in [-0.25, -0.2) is 0 Å². The minimum atomic E-state index is -4.73. The Balaban J connectivity index is 1.93. The molecule has 1 atom stereocenters. The second-order valence-corrected chi connectivity index (χ2v) is 5.74. The molecule has 2 aromatic rings. The molecule has 1 unspecified atom stereocenters. The summed E-state index contributed by atoms with van der Waals surface area (Å²) in [5.74, 6) is -0.269. The lowest BCUT2D eigenvalue weighted by Gasteiger charge is -2.45. The van der Waals surface area contributed by atoms with Gasteiger partial charge in [-0.3, -0.25) is 4.98 Å². The molecule has 1 N–H and O–H groups in total. The third-order valence-corrected chi connectivity index (χ3v) is 4.38. The van der Waals surface area contributed by atoms with Crippen molar-refractivity contribution in [2.75, 3.05) is 0 Å². The summed E-state index contributed by atoms with van der Waals surface area (Å²) in [4.78, 5) is 4.17. The minimum absolute atomic E-state index is 0.269. The predicted octanol–water partition coefficient (Wildman–Crippen LogP) is 4.14. The quantitative estimate of drug-likeness (QED) is 0.920. The van der Waals surface area contributed by atoms with Crippen molar-refractivity contribution in [1.82, 2.24) is 4.98 Å². The van der Waals surface area contributed by atoms with Crippen LogP contribution in [-0.2, 0) is 5.41 Å². The van der Waals surface area contributed by atoms with Gasteiger partial charge in [0, 0.05) is 11.6 Å². The summed E-state index contributed by atoms with van der Waals surface area (Å²) in [5.41, 5.74) is 0.553. The average Bonchev–Trinajstić information content (AvgIpc) is 2.45. The van der Waals surface area contributed by atoms with Crippen LogP contribution in [-0.4, -0.2) is 16.5 Å². The Labute approximate surface area is 131 Å². The van der Waals surface area contributed by atoms with Crippen LogP contribution >= 0.6 is 0 Å². The van der Waals surface area contributed by atoms with Crippen molar-refractivity contribution in [1.29, 1.82) is 0 Å². The van der Waals surface area contributed by atoms with Crippen LogP contribution in [0, 0.1) is 0 Å². The monoisotopic (exact) mass is 323 g/mol. The largest absolute Gasteiger partial charge is 0.573 e. The Bertz CT molecular complexity index is 669. The Morgan fingerprint density at radius 3 is 2.48 bits per heavy atom. The van der Waals surface area contributed by atoms with Crippen molar-refractivity contribution in [3.8, 4) is 5.75 Å². The molecular weight excluding hydrogens is 307 g/mol. The lowest BCUT2D eigenvalue weighted by atomic mass is 9.60. The highest BCUT2D eigenvalue weighted by Gasteiger charge is 2.46. The van der Waals surface area contributed by atoms with E-state index in [1.807, 2.05) is 0 Å². The summed E-state index contributed by atoms with van der Waals surface area (Å²) in [7, 11) is 0. The highest BCUT2D eigenvalue weighted by Crippen LogP contribution is 2.52. The van der Waals surface area contributed by atoms with Crippen LogP contribution in [0.3, 0.4) is 0 Å². The van der Waals surface area contributed by atoms with Gasteiger partial charge in [0.2, 0.25) is 0 Å². The predicted molar refractivity (Wildman–Crippen MR) is 77.9 cm³/mol. The molecule has 23 heavy (non-hydrogen) atoms. The molecule has 0 saturated heterocycles. The summed E-state index contributed by atoms with van der Waals surface area (Å²) >= 11 is 0. The van der Waals surface area contributed by atoms with Crippen molar-refractivity contribution < 1.29 is 23.0 Å². The van der Waals surface area contributed by atoms with Crippen molar-refractivity contribution in [3.05, 3.63) is 59.9 Å². The molecule has 1 saturated carbocycles. The molecule has 1 fully saturated rings. The van der Waals surface area contributed by atoms with Gasteiger partial charge in [0.25, 0.3) is 0 Å². The van der Waals surface area contributed by atoms with E-state index >= 15 is 0 Å². The van der Waals surface area contributed by atoms with Crippen molar-refractivity contribution >= 4 is 0 Å². The molecule has 1 aromatic carbocycles. The van der Waals surface area contributed by atoms with Crippen LogP contribution in [0.5, 0.6) is 5.75 Å². The molecule has 1 aromatic heterocycles. The molecule has 122 valence electrons. The van der Waals surface area contributed by atoms with Crippen molar-refractivity contribution in [2.24, 2.45) is 0 Å². The van der Waals surface area contributed by atoms with Gasteiger partial charge in [0.15, 0.2) is 0 Å². The van der Waals surface area contributed by atoms with Gasteiger partial charge in [-0.2, -0.15) is 0 Å².